The summed E-state index contributed by atoms with van der Waals surface area (Å²) in [5.74, 6) is -0.570. The molecule has 0 bridgehead atoms. The maximum Gasteiger partial charge on any atom is 0.472 e. The first kappa shape index (κ1) is 53.1. The first-order valence-corrected chi connectivity index (χ1v) is 23.7. The molecule has 1 aliphatic rings. The first-order valence-electron chi connectivity index (χ1n) is 22.2. The molecule has 0 aromatic carbocycles. The van der Waals surface area contributed by atoms with Gasteiger partial charge in [-0.05, 0) is 38.5 Å². The Labute approximate surface area is 338 Å². The van der Waals surface area contributed by atoms with Gasteiger partial charge in [-0.1, -0.05) is 154 Å². The van der Waals surface area contributed by atoms with Crippen molar-refractivity contribution in [1.29, 1.82) is 0 Å². The van der Waals surface area contributed by atoms with Gasteiger partial charge in [0.1, 0.15) is 36.6 Å². The summed E-state index contributed by atoms with van der Waals surface area (Å²) in [6.07, 6.45) is 18.4. The van der Waals surface area contributed by atoms with Gasteiger partial charge in [-0.3, -0.25) is 13.8 Å². The van der Waals surface area contributed by atoms with Gasteiger partial charge in [0.05, 0.1) is 31.3 Å². The summed E-state index contributed by atoms with van der Waals surface area (Å²) < 4.78 is 22.9. The zero-order valence-corrected chi connectivity index (χ0v) is 35.7. The van der Waals surface area contributed by atoms with E-state index in [1.54, 1.807) is 0 Å². The lowest BCUT2D eigenvalue weighted by Gasteiger charge is -2.41. The van der Waals surface area contributed by atoms with Crippen LogP contribution >= 0.6 is 7.82 Å². The van der Waals surface area contributed by atoms with Crippen molar-refractivity contribution < 1.29 is 59.0 Å². The van der Waals surface area contributed by atoms with Crippen LogP contribution in [0.2, 0.25) is 0 Å². The number of unbranched alkanes of at least 4 members (excludes halogenated alkanes) is 21. The largest absolute Gasteiger partial charge is 0.472 e. The molecule has 8 unspecified atom stereocenters. The number of nitrogens with one attached hydrogen (secondary N) is 1. The van der Waals surface area contributed by atoms with E-state index in [4.69, 9.17) is 9.05 Å². The Bertz CT molecular complexity index is 1020. The Morgan fingerprint density at radius 3 is 1.50 bits per heavy atom. The Morgan fingerprint density at radius 2 is 1.00 bits per heavy atom. The molecular weight excluding hydrogens is 741 g/mol. The third-order valence-corrected chi connectivity index (χ3v) is 11.9. The minimum Gasteiger partial charge on any atom is -0.393 e. The number of carbonyl (C=O) groups is 1. The summed E-state index contributed by atoms with van der Waals surface area (Å²) in [5, 5.41) is 74.4. The van der Waals surface area contributed by atoms with Crippen molar-refractivity contribution >= 4 is 13.7 Å². The second-order valence-corrected chi connectivity index (χ2v) is 17.5. The van der Waals surface area contributed by atoms with Crippen LogP contribution in [0.15, 0.2) is 12.2 Å². The van der Waals surface area contributed by atoms with Crippen LogP contribution in [0.4, 0.5) is 0 Å². The highest BCUT2D eigenvalue weighted by molar-refractivity contribution is 7.47. The topological polar surface area (TPSA) is 226 Å². The predicted octanol–water partition coefficient (Wildman–Crippen LogP) is 6.64. The zero-order chi connectivity index (χ0) is 41.6. The number of carbonyl (C=O) groups excluding carboxylic acids is 1. The average Bonchev–Trinajstić information content (AvgIpc) is 3.17. The second kappa shape index (κ2) is 32.8. The molecule has 0 spiro atoms. The summed E-state index contributed by atoms with van der Waals surface area (Å²) in [7, 11) is -5.11. The quantitative estimate of drug-likeness (QED) is 0.0184. The molecule has 1 aliphatic carbocycles. The number of phosphoric ester groups is 1. The number of phosphoric acid groups is 1. The van der Waals surface area contributed by atoms with Gasteiger partial charge >= 0.3 is 7.82 Å². The van der Waals surface area contributed by atoms with Crippen LogP contribution in [0.25, 0.3) is 0 Å². The van der Waals surface area contributed by atoms with Crippen LogP contribution in [0.3, 0.4) is 0 Å². The molecule has 332 valence electrons. The molecule has 9 N–H and O–H groups in total. The third kappa shape index (κ3) is 24.8. The first-order chi connectivity index (χ1) is 26.8. The summed E-state index contributed by atoms with van der Waals surface area (Å²) in [5.41, 5.74) is 0. The molecule has 1 saturated carbocycles. The maximum absolute atomic E-state index is 12.9. The van der Waals surface area contributed by atoms with Crippen molar-refractivity contribution in [2.75, 3.05) is 6.61 Å². The number of rotatable bonds is 36. The van der Waals surface area contributed by atoms with Crippen molar-refractivity contribution in [3.63, 3.8) is 0 Å². The fraction of sp³-hybridized carbons (Fsp3) is 0.929. The monoisotopic (exact) mass is 824 g/mol. The Morgan fingerprint density at radius 1 is 0.607 bits per heavy atom. The maximum atomic E-state index is 12.9. The number of allylic oxidation sites excluding steroid dienone is 2. The standard InChI is InChI=1S/C42H82NO12P/c1-3-5-7-9-11-13-15-16-17-18-19-20-22-24-26-28-30-35(45)34(32-54-56(52,53)55-42-40(50)38(48)37(47)39(49)41(42)51)43-36(46)31-33(44)29-27-25-23-21-14-12-10-8-6-4-2/h12,14,33-35,37-42,44-45,47-51H,3-11,13,15-32H2,1-2H3,(H,43,46)(H,52,53)/b14-12-. The summed E-state index contributed by atoms with van der Waals surface area (Å²) >= 11 is 0. The number of hydrogen-bond donors (Lipinski definition) is 9. The lowest BCUT2D eigenvalue weighted by Crippen LogP contribution is -2.64. The van der Waals surface area contributed by atoms with Crippen LogP contribution in [0.1, 0.15) is 187 Å². The lowest BCUT2D eigenvalue weighted by atomic mass is 9.85. The highest BCUT2D eigenvalue weighted by Gasteiger charge is 2.51. The highest BCUT2D eigenvalue weighted by Crippen LogP contribution is 2.47. The Kier molecular flexibility index (Phi) is 31.1. The van der Waals surface area contributed by atoms with Crippen LogP contribution < -0.4 is 5.32 Å². The van der Waals surface area contributed by atoms with Crippen molar-refractivity contribution in [3.05, 3.63) is 12.2 Å². The molecular formula is C42H82NO12P. The van der Waals surface area contributed by atoms with E-state index in [9.17, 15) is 50.0 Å². The smallest absolute Gasteiger partial charge is 0.393 e. The number of hydrogen-bond acceptors (Lipinski definition) is 11. The van der Waals surface area contributed by atoms with Gasteiger partial charge in [0.15, 0.2) is 0 Å². The van der Waals surface area contributed by atoms with E-state index in [1.807, 2.05) is 0 Å². The molecule has 13 nitrogen and oxygen atoms in total. The normalized spacial score (nSPS) is 24.2. The van der Waals surface area contributed by atoms with Crippen LogP contribution in [-0.4, -0.2) is 108 Å². The minimum absolute atomic E-state index is 0.231. The summed E-state index contributed by atoms with van der Waals surface area (Å²) in [4.78, 5) is 23.4. The Balaban J connectivity index is 2.56. The SMILES string of the molecule is CCCCC/C=C\CCCCCC(O)CC(=O)NC(COP(=O)(O)OC1C(O)C(O)C(O)C(O)C1O)C(O)CCCCCCCCCCCCCCCCCC. The van der Waals surface area contributed by atoms with Gasteiger partial charge < -0.3 is 46.0 Å². The number of aliphatic hydroxyl groups excluding tert-OH is 7. The van der Waals surface area contributed by atoms with Gasteiger partial charge in [-0.15, -0.1) is 0 Å². The molecule has 8 atom stereocenters. The minimum atomic E-state index is -5.11. The average molecular weight is 824 g/mol. The van der Waals surface area contributed by atoms with Gasteiger partial charge in [0.2, 0.25) is 5.91 Å². The van der Waals surface area contributed by atoms with E-state index in [-0.39, 0.29) is 12.8 Å². The Hall–Kier alpha value is -0.960. The van der Waals surface area contributed by atoms with Crippen molar-refractivity contribution in [3.8, 4) is 0 Å². The molecule has 1 amide bonds. The molecule has 56 heavy (non-hydrogen) atoms. The second-order valence-electron chi connectivity index (χ2n) is 16.1. The van der Waals surface area contributed by atoms with E-state index in [0.717, 1.165) is 57.8 Å². The van der Waals surface area contributed by atoms with Crippen LogP contribution in [-0.2, 0) is 18.4 Å². The molecule has 0 radical (unpaired) electrons. The van der Waals surface area contributed by atoms with E-state index >= 15 is 0 Å². The molecule has 1 rings (SSSR count). The van der Waals surface area contributed by atoms with Crippen molar-refractivity contribution in [2.24, 2.45) is 0 Å². The molecule has 0 heterocycles. The molecule has 1 fully saturated rings. The third-order valence-electron chi connectivity index (χ3n) is 10.9. The van der Waals surface area contributed by atoms with E-state index in [2.05, 4.69) is 31.3 Å². The van der Waals surface area contributed by atoms with Crippen LogP contribution in [0, 0.1) is 0 Å². The molecule has 0 aliphatic heterocycles. The molecule has 0 saturated heterocycles. The van der Waals surface area contributed by atoms with E-state index in [0.29, 0.717) is 12.8 Å². The predicted molar refractivity (Wildman–Crippen MR) is 220 cm³/mol. The van der Waals surface area contributed by atoms with Gasteiger partial charge in [-0.2, -0.15) is 0 Å². The lowest BCUT2D eigenvalue weighted by molar-refractivity contribution is -0.220. The fourth-order valence-electron chi connectivity index (χ4n) is 7.18. The molecule has 14 heteroatoms. The van der Waals surface area contributed by atoms with Crippen molar-refractivity contribution in [1.82, 2.24) is 5.32 Å². The van der Waals surface area contributed by atoms with E-state index in [1.165, 1.54) is 89.9 Å². The number of amides is 1. The summed E-state index contributed by atoms with van der Waals surface area (Å²) in [6.45, 7) is 3.74. The van der Waals surface area contributed by atoms with Crippen LogP contribution in [0.5, 0.6) is 0 Å². The van der Waals surface area contributed by atoms with Gasteiger partial charge in [0, 0.05) is 0 Å². The molecule has 0 aromatic heterocycles. The summed E-state index contributed by atoms with van der Waals surface area (Å²) in [6, 6.07) is -1.15. The number of aliphatic hydroxyl groups is 7. The van der Waals surface area contributed by atoms with Crippen molar-refractivity contribution in [2.45, 2.75) is 242 Å². The zero-order valence-electron chi connectivity index (χ0n) is 34.8. The van der Waals surface area contributed by atoms with E-state index < -0.39 is 75.2 Å². The highest BCUT2D eigenvalue weighted by atomic mass is 31.2. The van der Waals surface area contributed by atoms with Gasteiger partial charge in [-0.25, -0.2) is 4.57 Å². The van der Waals surface area contributed by atoms with Gasteiger partial charge in [0.25, 0.3) is 0 Å². The molecule has 0 aromatic rings. The fourth-order valence-corrected chi connectivity index (χ4v) is 8.15.